The summed E-state index contributed by atoms with van der Waals surface area (Å²) in [4.78, 5) is 26.3. The molecule has 1 saturated heterocycles. The van der Waals surface area contributed by atoms with Crippen molar-refractivity contribution in [3.05, 3.63) is 60.2 Å². The minimum atomic E-state index is -0.494. The Bertz CT molecular complexity index is 727. The molecule has 2 aromatic carbocycles. The summed E-state index contributed by atoms with van der Waals surface area (Å²) in [6.07, 6.45) is 2.47. The van der Waals surface area contributed by atoms with Crippen LogP contribution in [0.25, 0.3) is 0 Å². The molecule has 1 aliphatic heterocycles. The molecular weight excluding hydrogens is 318 g/mol. The van der Waals surface area contributed by atoms with Gasteiger partial charge >= 0.3 is 5.97 Å². The van der Waals surface area contributed by atoms with Crippen molar-refractivity contribution in [3.63, 3.8) is 0 Å². The van der Waals surface area contributed by atoms with Crippen LogP contribution in [0.3, 0.4) is 0 Å². The maximum atomic E-state index is 12.8. The van der Waals surface area contributed by atoms with Crippen molar-refractivity contribution in [2.24, 2.45) is 0 Å². The third-order valence-corrected chi connectivity index (χ3v) is 4.32. The van der Waals surface area contributed by atoms with Crippen LogP contribution in [0, 0.1) is 0 Å². The first-order valence-corrected chi connectivity index (χ1v) is 8.41. The van der Waals surface area contributed by atoms with Gasteiger partial charge in [-0.1, -0.05) is 18.2 Å². The zero-order valence-corrected chi connectivity index (χ0v) is 14.2. The molecule has 1 fully saturated rings. The number of esters is 1. The molecule has 0 aromatic heterocycles. The van der Waals surface area contributed by atoms with Gasteiger partial charge in [-0.25, -0.2) is 4.79 Å². The van der Waals surface area contributed by atoms with Crippen LogP contribution in [0.1, 0.15) is 29.6 Å². The van der Waals surface area contributed by atoms with E-state index in [1.165, 1.54) is 7.11 Å². The SMILES string of the molecule is COC(=O)C1CCCCN1C(=O)c1ccc(Oc2ccccc2)cc1. The smallest absolute Gasteiger partial charge is 0.328 e. The molecule has 130 valence electrons. The van der Waals surface area contributed by atoms with Crippen molar-refractivity contribution in [1.29, 1.82) is 0 Å². The molecule has 0 saturated carbocycles. The van der Waals surface area contributed by atoms with Gasteiger partial charge < -0.3 is 14.4 Å². The van der Waals surface area contributed by atoms with Gasteiger partial charge in [-0.3, -0.25) is 4.79 Å². The topological polar surface area (TPSA) is 55.8 Å². The molecule has 1 amide bonds. The normalized spacial score (nSPS) is 17.0. The molecule has 1 heterocycles. The third-order valence-electron chi connectivity index (χ3n) is 4.32. The Labute approximate surface area is 147 Å². The first-order valence-electron chi connectivity index (χ1n) is 8.41. The van der Waals surface area contributed by atoms with Crippen LogP contribution < -0.4 is 4.74 Å². The number of ether oxygens (including phenoxy) is 2. The number of hydrogen-bond donors (Lipinski definition) is 0. The summed E-state index contributed by atoms with van der Waals surface area (Å²) in [5.41, 5.74) is 0.538. The fourth-order valence-electron chi connectivity index (χ4n) is 3.01. The van der Waals surface area contributed by atoms with E-state index in [1.807, 2.05) is 30.3 Å². The maximum Gasteiger partial charge on any atom is 0.328 e. The Kier molecular flexibility index (Phi) is 5.33. The molecule has 3 rings (SSSR count). The van der Waals surface area contributed by atoms with Gasteiger partial charge in [0.2, 0.25) is 0 Å². The van der Waals surface area contributed by atoms with Crippen molar-refractivity contribution in [1.82, 2.24) is 4.90 Å². The van der Waals surface area contributed by atoms with Crippen LogP contribution in [0.5, 0.6) is 11.5 Å². The molecule has 1 atom stereocenters. The van der Waals surface area contributed by atoms with Crippen molar-refractivity contribution in [3.8, 4) is 11.5 Å². The number of nitrogens with zero attached hydrogens (tertiary/aromatic N) is 1. The number of carbonyl (C=O) groups excluding carboxylic acids is 2. The molecule has 2 aromatic rings. The van der Waals surface area contributed by atoms with E-state index in [0.717, 1.165) is 18.6 Å². The number of benzene rings is 2. The molecule has 1 aliphatic rings. The van der Waals surface area contributed by atoms with E-state index >= 15 is 0 Å². The van der Waals surface area contributed by atoms with E-state index in [4.69, 9.17) is 9.47 Å². The fourth-order valence-corrected chi connectivity index (χ4v) is 3.01. The molecule has 0 N–H and O–H groups in total. The zero-order chi connectivity index (χ0) is 17.6. The van der Waals surface area contributed by atoms with Crippen LogP contribution in [0.15, 0.2) is 54.6 Å². The van der Waals surface area contributed by atoms with Crippen LogP contribution in [-0.2, 0) is 9.53 Å². The van der Waals surface area contributed by atoms with E-state index in [2.05, 4.69) is 0 Å². The van der Waals surface area contributed by atoms with E-state index in [1.54, 1.807) is 29.2 Å². The van der Waals surface area contributed by atoms with Crippen LogP contribution in [0.2, 0.25) is 0 Å². The zero-order valence-electron chi connectivity index (χ0n) is 14.2. The molecule has 25 heavy (non-hydrogen) atoms. The van der Waals surface area contributed by atoms with Crippen molar-refractivity contribution < 1.29 is 19.1 Å². The Balaban J connectivity index is 1.72. The minimum Gasteiger partial charge on any atom is -0.467 e. The van der Waals surface area contributed by atoms with Gasteiger partial charge in [0.1, 0.15) is 17.5 Å². The molecule has 1 unspecified atom stereocenters. The van der Waals surface area contributed by atoms with Gasteiger partial charge in [-0.15, -0.1) is 0 Å². The molecule has 0 aliphatic carbocycles. The number of carbonyl (C=O) groups is 2. The first-order chi connectivity index (χ1) is 12.2. The molecule has 0 spiro atoms. The number of para-hydroxylation sites is 1. The van der Waals surface area contributed by atoms with Gasteiger partial charge in [0, 0.05) is 12.1 Å². The Morgan fingerprint density at radius 1 is 0.960 bits per heavy atom. The second kappa shape index (κ2) is 7.83. The summed E-state index contributed by atoms with van der Waals surface area (Å²) >= 11 is 0. The molecule has 5 heteroatoms. The number of amides is 1. The number of methoxy groups -OCH3 is 1. The Morgan fingerprint density at radius 3 is 2.32 bits per heavy atom. The highest BCUT2D eigenvalue weighted by Crippen LogP contribution is 2.24. The highest BCUT2D eigenvalue weighted by atomic mass is 16.5. The van der Waals surface area contributed by atoms with Gasteiger partial charge in [0.25, 0.3) is 5.91 Å². The van der Waals surface area contributed by atoms with E-state index in [-0.39, 0.29) is 11.9 Å². The Hall–Kier alpha value is -2.82. The average molecular weight is 339 g/mol. The van der Waals surface area contributed by atoms with Gasteiger partial charge in [-0.2, -0.15) is 0 Å². The van der Waals surface area contributed by atoms with Crippen molar-refractivity contribution in [2.45, 2.75) is 25.3 Å². The predicted octanol–water partition coefficient (Wildman–Crippen LogP) is 3.65. The lowest BCUT2D eigenvalue weighted by Crippen LogP contribution is -2.48. The monoisotopic (exact) mass is 339 g/mol. The van der Waals surface area contributed by atoms with Crippen LogP contribution in [-0.4, -0.2) is 36.5 Å². The molecule has 0 bridgehead atoms. The summed E-state index contributed by atoms with van der Waals surface area (Å²) in [6.45, 7) is 0.570. The number of hydrogen-bond acceptors (Lipinski definition) is 4. The summed E-state index contributed by atoms with van der Waals surface area (Å²) in [6, 6.07) is 15.9. The maximum absolute atomic E-state index is 12.8. The lowest BCUT2D eigenvalue weighted by Gasteiger charge is -2.33. The highest BCUT2D eigenvalue weighted by Gasteiger charge is 2.33. The highest BCUT2D eigenvalue weighted by molar-refractivity contribution is 5.97. The summed E-state index contributed by atoms with van der Waals surface area (Å²) in [5, 5.41) is 0. The molecule has 5 nitrogen and oxygen atoms in total. The summed E-state index contributed by atoms with van der Waals surface area (Å²) in [7, 11) is 1.36. The quantitative estimate of drug-likeness (QED) is 0.798. The van der Waals surface area contributed by atoms with E-state index in [0.29, 0.717) is 24.3 Å². The second-order valence-corrected chi connectivity index (χ2v) is 5.97. The van der Waals surface area contributed by atoms with Gasteiger partial charge in [0.15, 0.2) is 0 Å². The minimum absolute atomic E-state index is 0.152. The third kappa shape index (κ3) is 3.99. The van der Waals surface area contributed by atoms with Crippen molar-refractivity contribution in [2.75, 3.05) is 13.7 Å². The van der Waals surface area contributed by atoms with Gasteiger partial charge in [0.05, 0.1) is 7.11 Å². The number of rotatable bonds is 4. The average Bonchev–Trinajstić information content (AvgIpc) is 2.68. The van der Waals surface area contributed by atoms with E-state index in [9.17, 15) is 9.59 Å². The van der Waals surface area contributed by atoms with Crippen LogP contribution in [0.4, 0.5) is 0 Å². The van der Waals surface area contributed by atoms with Crippen LogP contribution >= 0.6 is 0 Å². The summed E-state index contributed by atoms with van der Waals surface area (Å²) in [5.74, 6) is 0.896. The standard InChI is InChI=1S/C20H21NO4/c1-24-20(23)18-9-5-6-14-21(18)19(22)15-10-12-17(13-11-15)25-16-7-3-2-4-8-16/h2-4,7-8,10-13,18H,5-6,9,14H2,1H3. The van der Waals surface area contributed by atoms with Crippen molar-refractivity contribution >= 4 is 11.9 Å². The summed E-state index contributed by atoms with van der Waals surface area (Å²) < 4.78 is 10.6. The Morgan fingerprint density at radius 2 is 1.64 bits per heavy atom. The second-order valence-electron chi connectivity index (χ2n) is 5.97. The molecular formula is C20H21NO4. The van der Waals surface area contributed by atoms with Gasteiger partial charge in [-0.05, 0) is 55.7 Å². The van der Waals surface area contributed by atoms with E-state index < -0.39 is 6.04 Å². The lowest BCUT2D eigenvalue weighted by molar-refractivity contribution is -0.147. The lowest BCUT2D eigenvalue weighted by atomic mass is 10.0. The molecule has 0 radical (unpaired) electrons. The number of piperidine rings is 1. The first kappa shape index (κ1) is 17.0. The largest absolute Gasteiger partial charge is 0.467 e. The number of likely N-dealkylation sites (tertiary alicyclic amines) is 1. The predicted molar refractivity (Wildman–Crippen MR) is 93.6 cm³/mol. The fraction of sp³-hybridized carbons (Fsp3) is 0.300.